The van der Waals surface area contributed by atoms with E-state index in [9.17, 15) is 18.0 Å². The van der Waals surface area contributed by atoms with Crippen molar-refractivity contribution in [3.8, 4) is 5.75 Å². The first-order valence-electron chi connectivity index (χ1n) is 13.0. The van der Waals surface area contributed by atoms with Gasteiger partial charge in [0.25, 0.3) is 21.8 Å². The van der Waals surface area contributed by atoms with Crippen molar-refractivity contribution in [2.75, 3.05) is 30.6 Å². The normalized spacial score (nSPS) is 15.0. The number of hydrogen-bond donors (Lipinski definition) is 2. The average Bonchev–Trinajstić information content (AvgIpc) is 3.49. The van der Waals surface area contributed by atoms with Gasteiger partial charge in [0.2, 0.25) is 0 Å². The first kappa shape index (κ1) is 30.2. The maximum absolute atomic E-state index is 13.4. The summed E-state index contributed by atoms with van der Waals surface area (Å²) in [6.45, 7) is 2.48. The van der Waals surface area contributed by atoms with E-state index in [-0.39, 0.29) is 23.5 Å². The molecule has 3 aromatic rings. The highest BCUT2D eigenvalue weighted by Gasteiger charge is 2.27. The minimum atomic E-state index is -4.02. The monoisotopic (exact) mass is 642 g/mol. The molecule has 216 valence electrons. The molecule has 0 bridgehead atoms. The lowest BCUT2D eigenvalue weighted by atomic mass is 10.2. The van der Waals surface area contributed by atoms with E-state index in [2.05, 4.69) is 31.8 Å². The van der Waals surface area contributed by atoms with Crippen LogP contribution in [-0.4, -0.2) is 58.9 Å². The van der Waals surface area contributed by atoms with Crippen LogP contribution >= 0.6 is 15.9 Å². The number of ether oxygens (including phenoxy) is 2. The largest absolute Gasteiger partial charge is 0.484 e. The Hall–Kier alpha value is -3.74. The molecule has 1 fully saturated rings. The van der Waals surface area contributed by atoms with Crippen molar-refractivity contribution in [3.05, 3.63) is 88.4 Å². The number of carbonyl (C=O) groups is 2. The first-order chi connectivity index (χ1) is 19.7. The van der Waals surface area contributed by atoms with E-state index >= 15 is 0 Å². The number of anilines is 1. The summed E-state index contributed by atoms with van der Waals surface area (Å²) < 4.78 is 39.7. The van der Waals surface area contributed by atoms with Gasteiger partial charge < -0.3 is 14.8 Å². The van der Waals surface area contributed by atoms with Gasteiger partial charge in [0.15, 0.2) is 6.61 Å². The number of hydrazone groups is 1. The predicted octanol–water partition coefficient (Wildman–Crippen LogP) is 3.78. The minimum absolute atomic E-state index is 0.0689. The van der Waals surface area contributed by atoms with E-state index < -0.39 is 22.5 Å². The lowest BCUT2D eigenvalue weighted by molar-refractivity contribution is -0.123. The van der Waals surface area contributed by atoms with E-state index in [1.807, 2.05) is 6.92 Å². The molecule has 1 aliphatic rings. The summed E-state index contributed by atoms with van der Waals surface area (Å²) in [6, 6.07) is 19.9. The van der Waals surface area contributed by atoms with Gasteiger partial charge in [0.05, 0.1) is 22.9 Å². The van der Waals surface area contributed by atoms with Gasteiger partial charge in [0, 0.05) is 17.6 Å². The van der Waals surface area contributed by atoms with Crippen LogP contribution < -0.4 is 19.8 Å². The molecule has 0 saturated carbocycles. The van der Waals surface area contributed by atoms with Gasteiger partial charge in [-0.15, -0.1) is 0 Å². The quantitative estimate of drug-likeness (QED) is 0.229. The average molecular weight is 644 g/mol. The van der Waals surface area contributed by atoms with Gasteiger partial charge in [-0.05, 0) is 86.0 Å². The molecule has 1 heterocycles. The molecule has 0 aromatic heterocycles. The van der Waals surface area contributed by atoms with Gasteiger partial charge in [0.1, 0.15) is 12.3 Å². The Balaban J connectivity index is 1.32. The predicted molar refractivity (Wildman–Crippen MR) is 160 cm³/mol. The van der Waals surface area contributed by atoms with E-state index in [0.717, 1.165) is 33.8 Å². The second kappa shape index (κ2) is 14.2. The SMILES string of the molecule is Cc1ccc(S(=O)(=O)N(CC(=O)N/N=C\c2ccc(OCC(=O)NC[C@H]3CCCO3)cc2)c2ccc(Br)cc2)cc1. The number of sulfonamides is 1. The highest BCUT2D eigenvalue weighted by Crippen LogP contribution is 2.25. The van der Waals surface area contributed by atoms with E-state index in [1.165, 1.54) is 18.3 Å². The molecule has 0 unspecified atom stereocenters. The Bertz CT molecular complexity index is 1460. The van der Waals surface area contributed by atoms with Gasteiger partial charge in [-0.2, -0.15) is 5.10 Å². The third-order valence-electron chi connectivity index (χ3n) is 6.21. The highest BCUT2D eigenvalue weighted by molar-refractivity contribution is 9.10. The van der Waals surface area contributed by atoms with E-state index in [0.29, 0.717) is 23.5 Å². The van der Waals surface area contributed by atoms with Gasteiger partial charge in [-0.25, -0.2) is 13.8 Å². The summed E-state index contributed by atoms with van der Waals surface area (Å²) in [5.41, 5.74) is 4.31. The molecular formula is C29H31BrN4O6S. The molecule has 1 atom stereocenters. The zero-order valence-electron chi connectivity index (χ0n) is 22.5. The molecule has 3 aromatic carbocycles. The maximum atomic E-state index is 13.4. The summed E-state index contributed by atoms with van der Waals surface area (Å²) in [4.78, 5) is 24.8. The van der Waals surface area contributed by atoms with Crippen LogP contribution in [0.4, 0.5) is 5.69 Å². The van der Waals surface area contributed by atoms with E-state index in [1.54, 1.807) is 60.7 Å². The van der Waals surface area contributed by atoms with Crippen LogP contribution in [0, 0.1) is 6.92 Å². The number of aryl methyl sites for hydroxylation is 1. The lowest BCUT2D eigenvalue weighted by Gasteiger charge is -2.23. The molecule has 0 radical (unpaired) electrons. The molecule has 41 heavy (non-hydrogen) atoms. The van der Waals surface area contributed by atoms with Crippen molar-refractivity contribution in [3.63, 3.8) is 0 Å². The van der Waals surface area contributed by atoms with Crippen molar-refractivity contribution < 1.29 is 27.5 Å². The molecule has 1 saturated heterocycles. The van der Waals surface area contributed by atoms with Gasteiger partial charge >= 0.3 is 0 Å². The molecule has 2 amide bonds. The van der Waals surface area contributed by atoms with Crippen LogP contribution in [0.1, 0.15) is 24.0 Å². The zero-order valence-corrected chi connectivity index (χ0v) is 24.9. The van der Waals surface area contributed by atoms with Crippen molar-refractivity contribution in [2.45, 2.75) is 30.8 Å². The standard InChI is InChI=1S/C29H31BrN4O6S/c1-21-4-14-27(15-5-21)41(37,38)34(24-10-8-23(30)9-11-24)19-28(35)33-32-17-22-6-12-25(13-7-22)40-20-29(36)31-18-26-3-2-16-39-26/h4-15,17,26H,2-3,16,18-20H2,1H3,(H,31,36)(H,33,35)/b32-17-/t26-/m1/s1. The topological polar surface area (TPSA) is 126 Å². The summed E-state index contributed by atoms with van der Waals surface area (Å²) in [7, 11) is -4.02. The Morgan fingerprint density at radius 3 is 2.41 bits per heavy atom. The molecule has 0 spiro atoms. The van der Waals surface area contributed by atoms with Crippen molar-refractivity contribution in [2.24, 2.45) is 5.10 Å². The first-order valence-corrected chi connectivity index (χ1v) is 15.2. The molecule has 1 aliphatic heterocycles. The number of nitrogens with zero attached hydrogens (tertiary/aromatic N) is 2. The maximum Gasteiger partial charge on any atom is 0.264 e. The summed E-state index contributed by atoms with van der Waals surface area (Å²) in [6.07, 6.45) is 3.45. The highest BCUT2D eigenvalue weighted by atomic mass is 79.9. The van der Waals surface area contributed by atoms with Crippen LogP contribution in [0.2, 0.25) is 0 Å². The Morgan fingerprint density at radius 1 is 1.05 bits per heavy atom. The zero-order chi connectivity index (χ0) is 29.2. The number of halogens is 1. The number of carbonyl (C=O) groups excluding carboxylic acids is 2. The summed E-state index contributed by atoms with van der Waals surface area (Å²) >= 11 is 3.35. The number of amides is 2. The smallest absolute Gasteiger partial charge is 0.264 e. The Kier molecular flexibility index (Phi) is 10.5. The summed E-state index contributed by atoms with van der Waals surface area (Å²) in [5, 5.41) is 6.76. The fourth-order valence-electron chi connectivity index (χ4n) is 3.99. The second-order valence-electron chi connectivity index (χ2n) is 9.39. The third-order valence-corrected chi connectivity index (χ3v) is 8.53. The molecule has 2 N–H and O–H groups in total. The van der Waals surface area contributed by atoms with Crippen molar-refractivity contribution in [1.82, 2.24) is 10.7 Å². The molecule has 0 aliphatic carbocycles. The fourth-order valence-corrected chi connectivity index (χ4v) is 5.67. The Morgan fingerprint density at radius 2 is 1.76 bits per heavy atom. The van der Waals surface area contributed by atoms with Crippen molar-refractivity contribution in [1.29, 1.82) is 0 Å². The lowest BCUT2D eigenvalue weighted by Crippen LogP contribution is -2.39. The van der Waals surface area contributed by atoms with Crippen LogP contribution in [0.5, 0.6) is 5.75 Å². The van der Waals surface area contributed by atoms with Crippen LogP contribution in [0.25, 0.3) is 0 Å². The van der Waals surface area contributed by atoms with Crippen LogP contribution in [0.15, 0.2) is 87.3 Å². The van der Waals surface area contributed by atoms with E-state index in [4.69, 9.17) is 9.47 Å². The number of nitrogens with one attached hydrogen (secondary N) is 2. The minimum Gasteiger partial charge on any atom is -0.484 e. The molecule has 12 heteroatoms. The Labute approximate surface area is 247 Å². The van der Waals surface area contributed by atoms with Gasteiger partial charge in [-0.3, -0.25) is 13.9 Å². The van der Waals surface area contributed by atoms with Crippen LogP contribution in [0.3, 0.4) is 0 Å². The van der Waals surface area contributed by atoms with Crippen LogP contribution in [-0.2, 0) is 24.3 Å². The number of hydrogen-bond acceptors (Lipinski definition) is 7. The number of rotatable bonds is 12. The fraction of sp³-hybridized carbons (Fsp3) is 0.276. The molecule has 10 nitrogen and oxygen atoms in total. The second-order valence-corrected chi connectivity index (χ2v) is 12.2. The third kappa shape index (κ3) is 8.87. The van der Waals surface area contributed by atoms with Gasteiger partial charge in [-0.1, -0.05) is 33.6 Å². The number of benzene rings is 3. The van der Waals surface area contributed by atoms with Crippen molar-refractivity contribution >= 4 is 49.7 Å². The molecule has 4 rings (SSSR count). The molecular weight excluding hydrogens is 612 g/mol. The summed E-state index contributed by atoms with van der Waals surface area (Å²) in [5.74, 6) is -0.339.